The largest absolute Gasteiger partial charge is 0.335 e. The van der Waals surface area contributed by atoms with Gasteiger partial charge >= 0.3 is 0 Å². The van der Waals surface area contributed by atoms with Crippen molar-refractivity contribution in [2.75, 3.05) is 18.1 Å². The molecule has 3 rings (SSSR count). The van der Waals surface area contributed by atoms with E-state index in [-0.39, 0.29) is 23.5 Å². The van der Waals surface area contributed by atoms with Crippen molar-refractivity contribution in [3.8, 4) is 10.4 Å². The molecule has 5 nitrogen and oxygen atoms in total. The van der Waals surface area contributed by atoms with E-state index < -0.39 is 9.84 Å². The number of benzene rings is 1. The molecule has 0 bridgehead atoms. The standard InChI is InChI=1S/C18H22N2O3S2/c1-4-20(16-9-10-25(22,23)11-16)18(21)15-7-5-14(6-8-15)17-12(2)19-13(3)24-17/h5-8,16H,4,9-11H2,1-3H3/t16-/m0/s1. The van der Waals surface area contributed by atoms with Crippen LogP contribution in [0, 0.1) is 13.8 Å². The van der Waals surface area contributed by atoms with Gasteiger partial charge in [-0.15, -0.1) is 11.3 Å². The van der Waals surface area contributed by atoms with Crippen molar-refractivity contribution in [2.45, 2.75) is 33.2 Å². The van der Waals surface area contributed by atoms with Crippen molar-refractivity contribution in [2.24, 2.45) is 0 Å². The number of aromatic nitrogens is 1. The molecule has 0 spiro atoms. The smallest absolute Gasteiger partial charge is 0.254 e. The van der Waals surface area contributed by atoms with Crippen LogP contribution in [0.3, 0.4) is 0 Å². The molecule has 1 aromatic carbocycles. The van der Waals surface area contributed by atoms with Crippen LogP contribution in [0.5, 0.6) is 0 Å². The van der Waals surface area contributed by atoms with Crippen LogP contribution in [0.15, 0.2) is 24.3 Å². The minimum atomic E-state index is -3.01. The predicted octanol–water partition coefficient (Wildman–Crippen LogP) is 3.08. The number of hydrogen-bond donors (Lipinski definition) is 0. The van der Waals surface area contributed by atoms with Gasteiger partial charge in [-0.2, -0.15) is 0 Å². The summed E-state index contributed by atoms with van der Waals surface area (Å²) in [7, 11) is -3.01. The Hall–Kier alpha value is -1.73. The van der Waals surface area contributed by atoms with Gasteiger partial charge in [0.05, 0.1) is 27.1 Å². The van der Waals surface area contributed by atoms with Gasteiger partial charge in [0, 0.05) is 18.2 Å². The first-order valence-electron chi connectivity index (χ1n) is 8.36. The summed E-state index contributed by atoms with van der Waals surface area (Å²) in [6, 6.07) is 7.30. The Morgan fingerprint density at radius 3 is 2.44 bits per heavy atom. The molecule has 0 unspecified atom stereocenters. The van der Waals surface area contributed by atoms with Crippen LogP contribution in [0.2, 0.25) is 0 Å². The molecule has 7 heteroatoms. The molecule has 134 valence electrons. The van der Waals surface area contributed by atoms with Crippen LogP contribution in [0.1, 0.15) is 34.4 Å². The zero-order valence-corrected chi connectivity index (χ0v) is 16.3. The van der Waals surface area contributed by atoms with Crippen molar-refractivity contribution in [3.05, 3.63) is 40.5 Å². The highest BCUT2D eigenvalue weighted by Crippen LogP contribution is 2.30. The summed E-state index contributed by atoms with van der Waals surface area (Å²) in [4.78, 5) is 20.1. The zero-order valence-electron chi connectivity index (χ0n) is 14.7. The summed E-state index contributed by atoms with van der Waals surface area (Å²) in [5, 5.41) is 1.02. The number of carbonyl (C=O) groups excluding carboxylic acids is 1. The molecule has 1 fully saturated rings. The minimum Gasteiger partial charge on any atom is -0.335 e. The van der Waals surface area contributed by atoms with E-state index in [0.717, 1.165) is 21.1 Å². The first-order chi connectivity index (χ1) is 11.8. The van der Waals surface area contributed by atoms with E-state index in [2.05, 4.69) is 4.98 Å². The number of hydrogen-bond acceptors (Lipinski definition) is 5. The van der Waals surface area contributed by atoms with E-state index in [1.165, 1.54) is 0 Å². The molecule has 1 amide bonds. The molecular weight excluding hydrogens is 356 g/mol. The van der Waals surface area contributed by atoms with Crippen LogP contribution in [0.4, 0.5) is 0 Å². The minimum absolute atomic E-state index is 0.0734. The summed E-state index contributed by atoms with van der Waals surface area (Å²) in [6.07, 6.45) is 0.527. The fraction of sp³-hybridized carbons (Fsp3) is 0.444. The normalized spacial score (nSPS) is 19.1. The molecule has 0 radical (unpaired) electrons. The average Bonchev–Trinajstić information content (AvgIpc) is 3.09. The Morgan fingerprint density at radius 2 is 1.96 bits per heavy atom. The Kier molecular flexibility index (Phi) is 4.97. The first kappa shape index (κ1) is 18.1. The predicted molar refractivity (Wildman–Crippen MR) is 101 cm³/mol. The van der Waals surface area contributed by atoms with Gasteiger partial charge in [0.15, 0.2) is 9.84 Å². The highest BCUT2D eigenvalue weighted by molar-refractivity contribution is 7.91. The number of aryl methyl sites for hydroxylation is 2. The van der Waals surface area contributed by atoms with Crippen LogP contribution in [0.25, 0.3) is 10.4 Å². The van der Waals surface area contributed by atoms with E-state index >= 15 is 0 Å². The number of amides is 1. The van der Waals surface area contributed by atoms with Gasteiger partial charge in [0.2, 0.25) is 0 Å². The summed E-state index contributed by atoms with van der Waals surface area (Å²) >= 11 is 1.64. The molecular formula is C18H22N2O3S2. The second kappa shape index (κ2) is 6.88. The lowest BCUT2D eigenvalue weighted by atomic mass is 10.1. The molecule has 0 N–H and O–H groups in total. The Balaban J connectivity index is 1.81. The third kappa shape index (κ3) is 3.77. The molecule has 1 aliphatic heterocycles. The average molecular weight is 379 g/mol. The maximum absolute atomic E-state index is 12.8. The Bertz CT molecular complexity index is 886. The van der Waals surface area contributed by atoms with Gasteiger partial charge in [-0.3, -0.25) is 4.79 Å². The fourth-order valence-corrected chi connectivity index (χ4v) is 5.97. The van der Waals surface area contributed by atoms with Crippen LogP contribution < -0.4 is 0 Å². The van der Waals surface area contributed by atoms with Crippen LogP contribution in [-0.4, -0.2) is 48.3 Å². The SMILES string of the molecule is CCN(C(=O)c1ccc(-c2sc(C)nc2C)cc1)[C@H]1CCS(=O)(=O)C1. The fourth-order valence-electron chi connectivity index (χ4n) is 3.32. The number of thiazole rings is 1. The molecule has 2 aromatic rings. The topological polar surface area (TPSA) is 67.3 Å². The molecule has 1 saturated heterocycles. The van der Waals surface area contributed by atoms with E-state index in [0.29, 0.717) is 18.5 Å². The molecule has 25 heavy (non-hydrogen) atoms. The van der Waals surface area contributed by atoms with Gasteiger partial charge in [-0.25, -0.2) is 13.4 Å². The Morgan fingerprint density at radius 1 is 1.28 bits per heavy atom. The lowest BCUT2D eigenvalue weighted by Gasteiger charge is -2.27. The number of sulfone groups is 1. The molecule has 2 heterocycles. The lowest BCUT2D eigenvalue weighted by Crippen LogP contribution is -2.40. The third-order valence-electron chi connectivity index (χ3n) is 4.55. The van der Waals surface area contributed by atoms with Crippen molar-refractivity contribution in [1.29, 1.82) is 0 Å². The van der Waals surface area contributed by atoms with Gasteiger partial charge in [0.25, 0.3) is 5.91 Å². The molecule has 1 aromatic heterocycles. The lowest BCUT2D eigenvalue weighted by molar-refractivity contribution is 0.0708. The first-order valence-corrected chi connectivity index (χ1v) is 11.0. The quantitative estimate of drug-likeness (QED) is 0.820. The summed E-state index contributed by atoms with van der Waals surface area (Å²) in [5.74, 6) is 0.141. The summed E-state index contributed by atoms with van der Waals surface area (Å²) in [5.41, 5.74) is 2.63. The van der Waals surface area contributed by atoms with E-state index in [1.54, 1.807) is 16.2 Å². The monoisotopic (exact) mass is 378 g/mol. The van der Waals surface area contributed by atoms with Crippen molar-refractivity contribution in [1.82, 2.24) is 9.88 Å². The molecule has 0 saturated carbocycles. The van der Waals surface area contributed by atoms with Gasteiger partial charge < -0.3 is 4.90 Å². The van der Waals surface area contributed by atoms with Gasteiger partial charge in [-0.1, -0.05) is 12.1 Å². The van der Waals surface area contributed by atoms with Crippen LogP contribution >= 0.6 is 11.3 Å². The summed E-state index contributed by atoms with van der Waals surface area (Å²) in [6.45, 7) is 6.36. The zero-order chi connectivity index (χ0) is 18.2. The Labute approximate surface area is 152 Å². The number of nitrogens with zero attached hydrogens (tertiary/aromatic N) is 2. The van der Waals surface area contributed by atoms with E-state index in [4.69, 9.17) is 0 Å². The highest BCUT2D eigenvalue weighted by atomic mass is 32.2. The molecule has 0 aliphatic carbocycles. The van der Waals surface area contributed by atoms with Crippen molar-refractivity contribution < 1.29 is 13.2 Å². The van der Waals surface area contributed by atoms with Gasteiger partial charge in [0.1, 0.15) is 0 Å². The maximum atomic E-state index is 12.8. The third-order valence-corrected chi connectivity index (χ3v) is 7.42. The molecule has 1 atom stereocenters. The van der Waals surface area contributed by atoms with Crippen molar-refractivity contribution in [3.63, 3.8) is 0 Å². The van der Waals surface area contributed by atoms with Crippen molar-refractivity contribution >= 4 is 27.1 Å². The second-order valence-corrected chi connectivity index (χ2v) is 9.80. The van der Waals surface area contributed by atoms with Gasteiger partial charge in [-0.05, 0) is 44.9 Å². The summed E-state index contributed by atoms with van der Waals surface area (Å²) < 4.78 is 23.4. The van der Waals surface area contributed by atoms with Crippen LogP contribution in [-0.2, 0) is 9.84 Å². The number of rotatable bonds is 4. The van der Waals surface area contributed by atoms with E-state index in [1.807, 2.05) is 45.0 Å². The highest BCUT2D eigenvalue weighted by Gasteiger charge is 2.34. The number of carbonyl (C=O) groups is 1. The maximum Gasteiger partial charge on any atom is 0.254 e. The van der Waals surface area contributed by atoms with E-state index in [9.17, 15) is 13.2 Å². The second-order valence-electron chi connectivity index (χ2n) is 6.37. The molecule has 1 aliphatic rings.